The summed E-state index contributed by atoms with van der Waals surface area (Å²) in [6, 6.07) is 15.4. The first kappa shape index (κ1) is 14.9. The predicted octanol–water partition coefficient (Wildman–Crippen LogP) is 3.86. The molecule has 1 atom stereocenters. The molecule has 0 aliphatic carbocycles. The zero-order valence-corrected chi connectivity index (χ0v) is 13.2. The molecule has 1 aliphatic heterocycles. The van der Waals surface area contributed by atoms with E-state index >= 15 is 0 Å². The molecule has 3 nitrogen and oxygen atoms in total. The van der Waals surface area contributed by atoms with Crippen LogP contribution < -0.4 is 4.74 Å². The summed E-state index contributed by atoms with van der Waals surface area (Å²) in [5.41, 5.74) is 2.01. The lowest BCUT2D eigenvalue weighted by molar-refractivity contribution is -0.131. The summed E-state index contributed by atoms with van der Waals surface area (Å²) < 4.78 is 5.66. The lowest BCUT2D eigenvalue weighted by Gasteiger charge is -2.33. The van der Waals surface area contributed by atoms with E-state index in [1.807, 2.05) is 60.5 Å². The number of ether oxygens (including phenoxy) is 1. The molecular weight excluding hydrogens is 298 g/mol. The van der Waals surface area contributed by atoms with E-state index in [1.54, 1.807) is 0 Å². The number of carbonyl (C=O) groups excluding carboxylic acids is 1. The van der Waals surface area contributed by atoms with Gasteiger partial charge < -0.3 is 9.64 Å². The maximum Gasteiger partial charge on any atom is 0.227 e. The van der Waals surface area contributed by atoms with E-state index in [1.165, 1.54) is 0 Å². The summed E-state index contributed by atoms with van der Waals surface area (Å²) in [4.78, 5) is 14.4. The van der Waals surface area contributed by atoms with Crippen molar-refractivity contribution >= 4 is 17.5 Å². The van der Waals surface area contributed by atoms with Gasteiger partial charge in [0.05, 0.1) is 19.1 Å². The standard InChI is InChI=1S/C18H18ClNO2/c1-20(18(21)12-13-5-4-6-14(19)11-13)16-9-10-22-17-8-3-2-7-15(16)17/h2-8,11,16H,9-10,12H2,1H3. The van der Waals surface area contributed by atoms with Gasteiger partial charge in [-0.25, -0.2) is 0 Å². The van der Waals surface area contributed by atoms with Gasteiger partial charge in [-0.3, -0.25) is 4.79 Å². The third-order valence-corrected chi connectivity index (χ3v) is 4.27. The van der Waals surface area contributed by atoms with Gasteiger partial charge in [0.1, 0.15) is 5.75 Å². The molecule has 22 heavy (non-hydrogen) atoms. The highest BCUT2D eigenvalue weighted by Gasteiger charge is 2.27. The second kappa shape index (κ2) is 6.41. The van der Waals surface area contributed by atoms with Gasteiger partial charge in [-0.15, -0.1) is 0 Å². The molecule has 2 aromatic rings. The minimum absolute atomic E-state index is 0.0663. The Balaban J connectivity index is 1.77. The zero-order valence-electron chi connectivity index (χ0n) is 12.5. The van der Waals surface area contributed by atoms with Crippen LogP contribution in [0.15, 0.2) is 48.5 Å². The first-order valence-electron chi connectivity index (χ1n) is 7.37. The highest BCUT2D eigenvalue weighted by molar-refractivity contribution is 6.30. The zero-order chi connectivity index (χ0) is 15.5. The maximum atomic E-state index is 12.6. The molecule has 4 heteroatoms. The molecule has 0 N–H and O–H groups in total. The molecular formula is C18H18ClNO2. The molecule has 1 unspecified atom stereocenters. The summed E-state index contributed by atoms with van der Waals surface area (Å²) in [5, 5.41) is 0.657. The van der Waals surface area contributed by atoms with Crippen molar-refractivity contribution in [3.05, 3.63) is 64.7 Å². The van der Waals surface area contributed by atoms with Gasteiger partial charge in [0, 0.05) is 24.1 Å². The number of amides is 1. The quantitative estimate of drug-likeness (QED) is 0.860. The third kappa shape index (κ3) is 3.09. The average Bonchev–Trinajstić information content (AvgIpc) is 2.53. The van der Waals surface area contributed by atoms with Gasteiger partial charge >= 0.3 is 0 Å². The van der Waals surface area contributed by atoms with Gasteiger partial charge in [0.15, 0.2) is 0 Å². The third-order valence-electron chi connectivity index (χ3n) is 4.03. The smallest absolute Gasteiger partial charge is 0.227 e. The Kier molecular flexibility index (Phi) is 4.34. The van der Waals surface area contributed by atoms with Gasteiger partial charge in [0.25, 0.3) is 0 Å². The maximum absolute atomic E-state index is 12.6. The van der Waals surface area contributed by atoms with Gasteiger partial charge in [-0.1, -0.05) is 41.9 Å². The summed E-state index contributed by atoms with van der Waals surface area (Å²) in [6.45, 7) is 0.635. The molecule has 0 fully saturated rings. The number of hydrogen-bond donors (Lipinski definition) is 0. The van der Waals surface area contributed by atoms with E-state index in [-0.39, 0.29) is 11.9 Å². The molecule has 0 aromatic heterocycles. The van der Waals surface area contributed by atoms with E-state index in [0.29, 0.717) is 18.1 Å². The Bertz CT molecular complexity index is 686. The van der Waals surface area contributed by atoms with Crippen LogP contribution in [0.5, 0.6) is 5.75 Å². The van der Waals surface area contributed by atoms with Crippen LogP contribution in [0.4, 0.5) is 0 Å². The number of para-hydroxylation sites is 1. The van der Waals surface area contributed by atoms with Crippen LogP contribution in [0.2, 0.25) is 5.02 Å². The van der Waals surface area contributed by atoms with Crippen LogP contribution >= 0.6 is 11.6 Å². The number of fused-ring (bicyclic) bond motifs is 1. The molecule has 0 bridgehead atoms. The molecule has 114 valence electrons. The monoisotopic (exact) mass is 315 g/mol. The minimum atomic E-state index is 0.0663. The highest BCUT2D eigenvalue weighted by atomic mass is 35.5. The van der Waals surface area contributed by atoms with E-state index in [2.05, 4.69) is 0 Å². The molecule has 1 heterocycles. The molecule has 2 aromatic carbocycles. The van der Waals surface area contributed by atoms with Crippen molar-refractivity contribution < 1.29 is 9.53 Å². The molecule has 3 rings (SSSR count). The van der Waals surface area contributed by atoms with Crippen LogP contribution in [0.3, 0.4) is 0 Å². The van der Waals surface area contributed by atoms with Crippen LogP contribution in [0, 0.1) is 0 Å². The normalized spacial score (nSPS) is 16.5. The highest BCUT2D eigenvalue weighted by Crippen LogP contribution is 2.35. The minimum Gasteiger partial charge on any atom is -0.493 e. The number of benzene rings is 2. The van der Waals surface area contributed by atoms with E-state index < -0.39 is 0 Å². The summed E-state index contributed by atoms with van der Waals surface area (Å²) >= 11 is 5.98. The number of nitrogens with zero attached hydrogens (tertiary/aromatic N) is 1. The topological polar surface area (TPSA) is 29.5 Å². The number of likely N-dealkylation sites (N-methyl/N-ethyl adjacent to an activating group) is 1. The first-order chi connectivity index (χ1) is 10.6. The Hall–Kier alpha value is -2.00. The summed E-state index contributed by atoms with van der Waals surface area (Å²) in [5.74, 6) is 0.963. The molecule has 1 aliphatic rings. The van der Waals surface area contributed by atoms with Crippen molar-refractivity contribution in [3.8, 4) is 5.75 Å². The van der Waals surface area contributed by atoms with Crippen molar-refractivity contribution in [1.82, 2.24) is 4.90 Å². The van der Waals surface area contributed by atoms with Crippen LogP contribution in [0.25, 0.3) is 0 Å². The Morgan fingerprint density at radius 3 is 2.91 bits per heavy atom. The van der Waals surface area contributed by atoms with Gasteiger partial charge in [-0.05, 0) is 23.8 Å². The second-order valence-electron chi connectivity index (χ2n) is 5.50. The Labute approximate surface area is 135 Å². The molecule has 1 amide bonds. The largest absolute Gasteiger partial charge is 0.493 e. The predicted molar refractivity (Wildman–Crippen MR) is 87.2 cm³/mol. The SMILES string of the molecule is CN(C(=O)Cc1cccc(Cl)c1)C1CCOc2ccccc21. The van der Waals surface area contributed by atoms with Gasteiger partial charge in [-0.2, -0.15) is 0 Å². The fraction of sp³-hybridized carbons (Fsp3) is 0.278. The van der Waals surface area contributed by atoms with Crippen molar-refractivity contribution in [1.29, 1.82) is 0 Å². The lowest BCUT2D eigenvalue weighted by Crippen LogP contribution is -2.35. The van der Waals surface area contributed by atoms with Crippen LogP contribution in [0.1, 0.15) is 23.6 Å². The van der Waals surface area contributed by atoms with Gasteiger partial charge in [0.2, 0.25) is 5.91 Å². The van der Waals surface area contributed by atoms with E-state index in [0.717, 1.165) is 23.3 Å². The fourth-order valence-corrected chi connectivity index (χ4v) is 3.06. The summed E-state index contributed by atoms with van der Waals surface area (Å²) in [7, 11) is 1.86. The number of hydrogen-bond acceptors (Lipinski definition) is 2. The molecule has 0 saturated carbocycles. The first-order valence-corrected chi connectivity index (χ1v) is 7.75. The number of rotatable bonds is 3. The Morgan fingerprint density at radius 1 is 1.27 bits per heavy atom. The second-order valence-corrected chi connectivity index (χ2v) is 5.94. The van der Waals surface area contributed by atoms with Crippen LogP contribution in [-0.4, -0.2) is 24.5 Å². The average molecular weight is 316 g/mol. The van der Waals surface area contributed by atoms with E-state index in [9.17, 15) is 4.79 Å². The van der Waals surface area contributed by atoms with E-state index in [4.69, 9.17) is 16.3 Å². The summed E-state index contributed by atoms with van der Waals surface area (Å²) in [6.07, 6.45) is 1.17. The molecule has 0 spiro atoms. The van der Waals surface area contributed by atoms with Crippen molar-refractivity contribution in [2.45, 2.75) is 18.9 Å². The van der Waals surface area contributed by atoms with Crippen LogP contribution in [-0.2, 0) is 11.2 Å². The molecule has 0 radical (unpaired) electrons. The fourth-order valence-electron chi connectivity index (χ4n) is 2.85. The number of carbonyl (C=O) groups is 1. The molecule has 0 saturated heterocycles. The number of halogens is 1. The Morgan fingerprint density at radius 2 is 2.09 bits per heavy atom. The van der Waals surface area contributed by atoms with Crippen molar-refractivity contribution in [3.63, 3.8) is 0 Å². The van der Waals surface area contributed by atoms with Crippen molar-refractivity contribution in [2.24, 2.45) is 0 Å². The lowest BCUT2D eigenvalue weighted by atomic mass is 9.98. The van der Waals surface area contributed by atoms with Crippen molar-refractivity contribution in [2.75, 3.05) is 13.7 Å².